The van der Waals surface area contributed by atoms with Crippen LogP contribution < -0.4 is 4.74 Å². The van der Waals surface area contributed by atoms with Gasteiger partial charge in [-0.25, -0.2) is 19.3 Å². The predicted molar refractivity (Wildman–Crippen MR) is 94.3 cm³/mol. The number of rotatable bonds is 3. The minimum absolute atomic E-state index is 0.0916. The van der Waals surface area contributed by atoms with Crippen LogP contribution in [0.3, 0.4) is 0 Å². The number of nitrogens with zero attached hydrogens (tertiary/aromatic N) is 5. The Kier molecular flexibility index (Phi) is 4.16. The molecule has 8 heteroatoms. The van der Waals surface area contributed by atoms with Crippen LogP contribution in [-0.4, -0.2) is 55.9 Å². The molecule has 1 N–H and O–H groups in total. The lowest BCUT2D eigenvalue weighted by Crippen LogP contribution is -2.38. The summed E-state index contributed by atoms with van der Waals surface area (Å²) in [6.45, 7) is 1.05. The minimum atomic E-state index is -0.874. The summed E-state index contributed by atoms with van der Waals surface area (Å²) in [6.07, 6.45) is 4.31. The van der Waals surface area contributed by atoms with Crippen LogP contribution in [0, 0.1) is 0 Å². The number of pyridine rings is 1. The monoisotopic (exact) mass is 353 g/mol. The van der Waals surface area contributed by atoms with Gasteiger partial charge in [0.2, 0.25) is 5.88 Å². The zero-order valence-corrected chi connectivity index (χ0v) is 14.4. The van der Waals surface area contributed by atoms with Gasteiger partial charge in [-0.1, -0.05) is 0 Å². The average Bonchev–Trinajstić information content (AvgIpc) is 3.12. The zero-order chi connectivity index (χ0) is 18.1. The quantitative estimate of drug-likeness (QED) is 0.778. The Morgan fingerprint density at radius 1 is 1.31 bits per heavy atom. The number of fused-ring (bicyclic) bond motifs is 1. The first-order valence-electron chi connectivity index (χ1n) is 8.49. The molecule has 26 heavy (non-hydrogen) atoms. The fourth-order valence-electron chi connectivity index (χ4n) is 3.50. The van der Waals surface area contributed by atoms with Crippen molar-refractivity contribution in [1.29, 1.82) is 0 Å². The van der Waals surface area contributed by atoms with Crippen LogP contribution in [0.15, 0.2) is 36.7 Å². The van der Waals surface area contributed by atoms with Gasteiger partial charge in [-0.05, 0) is 31.0 Å². The highest BCUT2D eigenvalue weighted by Gasteiger charge is 2.26. The molecule has 1 aliphatic rings. The molecule has 134 valence electrons. The van der Waals surface area contributed by atoms with E-state index in [9.17, 15) is 9.90 Å². The van der Waals surface area contributed by atoms with Crippen molar-refractivity contribution in [2.24, 2.45) is 0 Å². The summed E-state index contributed by atoms with van der Waals surface area (Å²) >= 11 is 0. The first-order valence-corrected chi connectivity index (χ1v) is 8.49. The number of carboxylic acid groups (broad SMARTS) is 1. The zero-order valence-electron chi connectivity index (χ0n) is 14.4. The molecule has 4 rings (SSSR count). The van der Waals surface area contributed by atoms with Gasteiger partial charge in [0.25, 0.3) is 0 Å². The molecule has 0 saturated carbocycles. The molecule has 0 bridgehead atoms. The van der Waals surface area contributed by atoms with Gasteiger partial charge in [0, 0.05) is 37.5 Å². The summed E-state index contributed by atoms with van der Waals surface area (Å²) in [5, 5.41) is 14.0. The number of hydrogen-bond acceptors (Lipinski definition) is 5. The van der Waals surface area contributed by atoms with Crippen LogP contribution in [0.1, 0.15) is 24.5 Å². The Balaban J connectivity index is 1.76. The Hall–Kier alpha value is -3.16. The molecule has 8 nitrogen and oxygen atoms in total. The predicted octanol–water partition coefficient (Wildman–Crippen LogP) is 2.66. The molecule has 3 aromatic rings. The average molecular weight is 353 g/mol. The Morgan fingerprint density at radius 2 is 2.19 bits per heavy atom. The van der Waals surface area contributed by atoms with Crippen molar-refractivity contribution in [3.63, 3.8) is 0 Å². The summed E-state index contributed by atoms with van der Waals surface area (Å²) in [5.74, 6) is 0.598. The Bertz CT molecular complexity index is 955. The fraction of sp³-hybridized carbons (Fsp3) is 0.333. The fourth-order valence-corrected chi connectivity index (χ4v) is 3.50. The van der Waals surface area contributed by atoms with Crippen LogP contribution >= 0.6 is 0 Å². The van der Waals surface area contributed by atoms with Gasteiger partial charge in [-0.2, -0.15) is 5.10 Å². The summed E-state index contributed by atoms with van der Waals surface area (Å²) < 4.78 is 7.13. The summed E-state index contributed by atoms with van der Waals surface area (Å²) in [5.41, 5.74) is 3.20. The lowest BCUT2D eigenvalue weighted by molar-refractivity contribution is 0.130. The molecule has 1 atom stereocenters. The van der Waals surface area contributed by atoms with Crippen LogP contribution in [-0.2, 0) is 0 Å². The summed E-state index contributed by atoms with van der Waals surface area (Å²) in [4.78, 5) is 21.4. The maximum Gasteiger partial charge on any atom is 0.407 e. The highest BCUT2D eigenvalue weighted by molar-refractivity contribution is 5.68. The normalized spacial score (nSPS) is 17.4. The minimum Gasteiger partial charge on any atom is -0.481 e. The molecule has 1 aliphatic heterocycles. The largest absolute Gasteiger partial charge is 0.481 e. The van der Waals surface area contributed by atoms with E-state index in [1.54, 1.807) is 24.0 Å². The van der Waals surface area contributed by atoms with Crippen molar-refractivity contribution in [3.8, 4) is 17.1 Å². The van der Waals surface area contributed by atoms with E-state index in [2.05, 4.69) is 9.97 Å². The molecule has 1 fully saturated rings. The Morgan fingerprint density at radius 3 is 3.00 bits per heavy atom. The molecule has 1 saturated heterocycles. The van der Waals surface area contributed by atoms with E-state index in [0.29, 0.717) is 19.0 Å². The number of hydrogen-bond donors (Lipinski definition) is 1. The van der Waals surface area contributed by atoms with Gasteiger partial charge < -0.3 is 14.7 Å². The first-order chi connectivity index (χ1) is 12.7. The van der Waals surface area contributed by atoms with Crippen LogP contribution in [0.5, 0.6) is 5.88 Å². The number of ether oxygens (including phenoxy) is 1. The molecule has 1 amide bonds. The van der Waals surface area contributed by atoms with E-state index in [1.165, 1.54) is 4.90 Å². The van der Waals surface area contributed by atoms with Crippen molar-refractivity contribution >= 4 is 11.7 Å². The molecular formula is C18H19N5O3. The van der Waals surface area contributed by atoms with Crippen LogP contribution in [0.25, 0.3) is 16.9 Å². The second kappa shape index (κ2) is 6.62. The standard InChI is InChI=1S/C18H19N5O3/c1-26-17-13(5-2-7-20-17)14-10-16-19-8-6-15(23(16)21-14)12-4-3-9-22(11-12)18(24)25/h2,5-8,10,12H,3-4,9,11H2,1H3,(H,24,25). The molecule has 0 radical (unpaired) electrons. The Labute approximate surface area is 150 Å². The van der Waals surface area contributed by atoms with Crippen molar-refractivity contribution in [3.05, 3.63) is 42.4 Å². The third-order valence-electron chi connectivity index (χ3n) is 4.74. The van der Waals surface area contributed by atoms with E-state index in [4.69, 9.17) is 9.84 Å². The van der Waals surface area contributed by atoms with Gasteiger partial charge in [-0.15, -0.1) is 0 Å². The number of amides is 1. The number of carbonyl (C=O) groups is 1. The molecule has 3 aromatic heterocycles. The number of likely N-dealkylation sites (tertiary alicyclic amines) is 1. The number of aromatic nitrogens is 4. The van der Waals surface area contributed by atoms with E-state index < -0.39 is 6.09 Å². The highest BCUT2D eigenvalue weighted by Crippen LogP contribution is 2.30. The molecule has 4 heterocycles. The second-order valence-electron chi connectivity index (χ2n) is 6.30. The SMILES string of the molecule is COc1ncccc1-c1cc2nccc(C3CCCN(C(=O)O)C3)n2n1. The smallest absolute Gasteiger partial charge is 0.407 e. The van der Waals surface area contributed by atoms with Crippen molar-refractivity contribution in [1.82, 2.24) is 24.5 Å². The third-order valence-corrected chi connectivity index (χ3v) is 4.74. The second-order valence-corrected chi connectivity index (χ2v) is 6.30. The molecule has 1 unspecified atom stereocenters. The maximum absolute atomic E-state index is 11.3. The first kappa shape index (κ1) is 16.3. The van der Waals surface area contributed by atoms with Gasteiger partial charge >= 0.3 is 6.09 Å². The van der Waals surface area contributed by atoms with Crippen LogP contribution in [0.2, 0.25) is 0 Å². The molecule has 0 spiro atoms. The lowest BCUT2D eigenvalue weighted by Gasteiger charge is -2.30. The van der Waals surface area contributed by atoms with Crippen molar-refractivity contribution < 1.29 is 14.6 Å². The van der Waals surface area contributed by atoms with E-state index in [-0.39, 0.29) is 5.92 Å². The third kappa shape index (κ3) is 2.83. The number of piperidine rings is 1. The van der Waals surface area contributed by atoms with E-state index in [0.717, 1.165) is 35.4 Å². The molecular weight excluding hydrogens is 334 g/mol. The van der Waals surface area contributed by atoms with Crippen molar-refractivity contribution in [2.45, 2.75) is 18.8 Å². The van der Waals surface area contributed by atoms with E-state index >= 15 is 0 Å². The highest BCUT2D eigenvalue weighted by atomic mass is 16.5. The van der Waals surface area contributed by atoms with E-state index in [1.807, 2.05) is 24.3 Å². The van der Waals surface area contributed by atoms with Gasteiger partial charge in [0.15, 0.2) is 5.65 Å². The van der Waals surface area contributed by atoms with Crippen LogP contribution in [0.4, 0.5) is 4.79 Å². The maximum atomic E-state index is 11.3. The molecule has 0 aromatic carbocycles. The number of methoxy groups -OCH3 is 1. The topological polar surface area (TPSA) is 92.9 Å². The lowest BCUT2D eigenvalue weighted by atomic mass is 9.95. The van der Waals surface area contributed by atoms with Crippen molar-refractivity contribution in [2.75, 3.05) is 20.2 Å². The van der Waals surface area contributed by atoms with Gasteiger partial charge in [0.1, 0.15) is 5.69 Å². The summed E-state index contributed by atoms with van der Waals surface area (Å²) in [7, 11) is 1.58. The van der Waals surface area contributed by atoms with Gasteiger partial charge in [-0.3, -0.25) is 0 Å². The van der Waals surface area contributed by atoms with Gasteiger partial charge in [0.05, 0.1) is 18.4 Å². The summed E-state index contributed by atoms with van der Waals surface area (Å²) in [6, 6.07) is 7.54. The molecule has 0 aliphatic carbocycles.